The molecule has 0 radical (unpaired) electrons. The van der Waals surface area contributed by atoms with Crippen molar-refractivity contribution in [1.29, 1.82) is 0 Å². The fourth-order valence-electron chi connectivity index (χ4n) is 2.14. The van der Waals surface area contributed by atoms with Gasteiger partial charge in [-0.3, -0.25) is 9.89 Å². The lowest BCUT2D eigenvalue weighted by Crippen LogP contribution is -2.17. The van der Waals surface area contributed by atoms with Crippen LogP contribution in [-0.4, -0.2) is 27.3 Å². The van der Waals surface area contributed by atoms with Crippen molar-refractivity contribution in [1.82, 2.24) is 15.2 Å². The number of aromatic nitrogens is 3. The lowest BCUT2D eigenvalue weighted by molar-refractivity contribution is 0.102. The van der Waals surface area contributed by atoms with Crippen molar-refractivity contribution in [2.75, 3.05) is 23.0 Å². The SMILES string of the molecule is CSc1n[nH]c2ncc(NC(=O)c3c(N)ccc(N)c3F)cc12. The largest absolute Gasteiger partial charge is 0.398 e. The number of nitrogens with one attached hydrogen (secondary N) is 2. The van der Waals surface area contributed by atoms with E-state index < -0.39 is 11.7 Å². The minimum atomic E-state index is -0.843. The molecule has 0 bridgehead atoms. The summed E-state index contributed by atoms with van der Waals surface area (Å²) in [6.45, 7) is 0. The number of hydrogen-bond donors (Lipinski definition) is 4. The Labute approximate surface area is 134 Å². The van der Waals surface area contributed by atoms with Crippen molar-refractivity contribution in [3.05, 3.63) is 35.8 Å². The van der Waals surface area contributed by atoms with E-state index in [0.29, 0.717) is 11.3 Å². The molecule has 23 heavy (non-hydrogen) atoms. The second-order valence-electron chi connectivity index (χ2n) is 4.74. The molecule has 0 saturated carbocycles. The van der Waals surface area contributed by atoms with Crippen molar-refractivity contribution >= 4 is 45.8 Å². The van der Waals surface area contributed by atoms with Gasteiger partial charge in [0.15, 0.2) is 11.5 Å². The van der Waals surface area contributed by atoms with Crippen molar-refractivity contribution in [3.63, 3.8) is 0 Å². The van der Waals surface area contributed by atoms with Crippen LogP contribution in [0.4, 0.5) is 21.5 Å². The summed E-state index contributed by atoms with van der Waals surface area (Å²) in [4.78, 5) is 16.5. The molecule has 1 amide bonds. The molecule has 118 valence electrons. The third-order valence-electron chi connectivity index (χ3n) is 3.26. The van der Waals surface area contributed by atoms with Crippen LogP contribution in [0.25, 0.3) is 11.0 Å². The van der Waals surface area contributed by atoms with E-state index >= 15 is 0 Å². The van der Waals surface area contributed by atoms with E-state index in [2.05, 4.69) is 20.5 Å². The molecular formula is C14H13FN6OS. The van der Waals surface area contributed by atoms with Gasteiger partial charge in [0.2, 0.25) is 0 Å². The summed E-state index contributed by atoms with van der Waals surface area (Å²) in [5.74, 6) is -1.53. The van der Waals surface area contributed by atoms with Crippen LogP contribution in [-0.2, 0) is 0 Å². The predicted molar refractivity (Wildman–Crippen MR) is 88.8 cm³/mol. The molecule has 0 fully saturated rings. The monoisotopic (exact) mass is 332 g/mol. The first kappa shape index (κ1) is 15.1. The average Bonchev–Trinajstić information content (AvgIpc) is 2.93. The van der Waals surface area contributed by atoms with Crippen LogP contribution < -0.4 is 16.8 Å². The molecule has 2 heterocycles. The molecule has 6 N–H and O–H groups in total. The van der Waals surface area contributed by atoms with Gasteiger partial charge in [-0.15, -0.1) is 11.8 Å². The van der Waals surface area contributed by atoms with Gasteiger partial charge in [0.1, 0.15) is 10.6 Å². The van der Waals surface area contributed by atoms with E-state index in [1.807, 2.05) is 6.26 Å². The number of amides is 1. The number of fused-ring (bicyclic) bond motifs is 1. The molecule has 0 aliphatic carbocycles. The Balaban J connectivity index is 1.96. The number of hydrogen-bond acceptors (Lipinski definition) is 6. The van der Waals surface area contributed by atoms with Crippen molar-refractivity contribution in [3.8, 4) is 0 Å². The molecule has 7 nitrogen and oxygen atoms in total. The van der Waals surface area contributed by atoms with Gasteiger partial charge in [-0.05, 0) is 24.5 Å². The predicted octanol–water partition coefficient (Wildman–Crippen LogP) is 2.24. The number of carbonyl (C=O) groups excluding carboxylic acids is 1. The molecule has 0 spiro atoms. The number of carbonyl (C=O) groups is 1. The van der Waals surface area contributed by atoms with Gasteiger partial charge < -0.3 is 16.8 Å². The van der Waals surface area contributed by atoms with E-state index in [1.165, 1.54) is 30.1 Å². The normalized spacial score (nSPS) is 10.9. The first-order chi connectivity index (χ1) is 11.0. The van der Waals surface area contributed by atoms with E-state index in [4.69, 9.17) is 11.5 Å². The van der Waals surface area contributed by atoms with Crippen LogP contribution in [0.3, 0.4) is 0 Å². The van der Waals surface area contributed by atoms with Crippen LogP contribution in [0.15, 0.2) is 29.4 Å². The molecule has 3 rings (SSSR count). The molecule has 0 saturated heterocycles. The topological polar surface area (TPSA) is 123 Å². The van der Waals surface area contributed by atoms with Crippen LogP contribution in [0, 0.1) is 5.82 Å². The van der Waals surface area contributed by atoms with Gasteiger partial charge in [0, 0.05) is 5.69 Å². The zero-order valence-corrected chi connectivity index (χ0v) is 12.9. The van der Waals surface area contributed by atoms with Crippen molar-refractivity contribution in [2.45, 2.75) is 5.03 Å². The third-order valence-corrected chi connectivity index (χ3v) is 3.96. The number of nitrogen functional groups attached to an aromatic ring is 2. The van der Waals surface area contributed by atoms with Crippen molar-refractivity contribution < 1.29 is 9.18 Å². The number of thioether (sulfide) groups is 1. The average molecular weight is 332 g/mol. The van der Waals surface area contributed by atoms with Gasteiger partial charge in [-0.2, -0.15) is 5.10 Å². The summed E-state index contributed by atoms with van der Waals surface area (Å²) >= 11 is 1.44. The Hall–Kier alpha value is -2.81. The summed E-state index contributed by atoms with van der Waals surface area (Å²) in [6.07, 6.45) is 3.33. The van der Waals surface area contributed by atoms with E-state index in [1.54, 1.807) is 6.07 Å². The fraction of sp³-hybridized carbons (Fsp3) is 0.0714. The fourth-order valence-corrected chi connectivity index (χ4v) is 2.65. The maximum atomic E-state index is 14.0. The highest BCUT2D eigenvalue weighted by atomic mass is 32.2. The van der Waals surface area contributed by atoms with Gasteiger partial charge in [-0.25, -0.2) is 9.37 Å². The van der Waals surface area contributed by atoms with Crippen LogP contribution in [0.5, 0.6) is 0 Å². The first-order valence-corrected chi connectivity index (χ1v) is 7.76. The number of halogens is 1. The number of anilines is 3. The van der Waals surface area contributed by atoms with Crippen LogP contribution in [0.2, 0.25) is 0 Å². The summed E-state index contributed by atoms with van der Waals surface area (Å²) in [5.41, 5.74) is 11.7. The minimum Gasteiger partial charge on any atom is -0.398 e. The Morgan fingerprint density at radius 3 is 2.83 bits per heavy atom. The molecule has 0 atom stereocenters. The highest BCUT2D eigenvalue weighted by Gasteiger charge is 2.18. The number of H-pyrrole nitrogens is 1. The lowest BCUT2D eigenvalue weighted by atomic mass is 10.1. The third kappa shape index (κ3) is 2.66. The zero-order chi connectivity index (χ0) is 16.6. The maximum Gasteiger partial charge on any atom is 0.260 e. The molecule has 0 aliphatic rings. The van der Waals surface area contributed by atoms with E-state index in [-0.39, 0.29) is 16.9 Å². The van der Waals surface area contributed by atoms with E-state index in [9.17, 15) is 9.18 Å². The van der Waals surface area contributed by atoms with Crippen LogP contribution in [0.1, 0.15) is 10.4 Å². The number of nitrogens with two attached hydrogens (primary N) is 2. The van der Waals surface area contributed by atoms with Gasteiger partial charge >= 0.3 is 0 Å². The summed E-state index contributed by atoms with van der Waals surface area (Å²) < 4.78 is 14.0. The van der Waals surface area contributed by atoms with Crippen LogP contribution >= 0.6 is 11.8 Å². The number of nitrogens with zero attached hydrogens (tertiary/aromatic N) is 2. The first-order valence-electron chi connectivity index (χ1n) is 6.54. The summed E-state index contributed by atoms with van der Waals surface area (Å²) in [5, 5.41) is 11.0. The number of benzene rings is 1. The number of pyridine rings is 1. The van der Waals surface area contributed by atoms with E-state index in [0.717, 1.165) is 10.4 Å². The number of aromatic amines is 1. The molecule has 9 heteroatoms. The second-order valence-corrected chi connectivity index (χ2v) is 5.54. The molecule has 3 aromatic rings. The standard InChI is InChI=1S/C14H13FN6OS/c1-23-14-7-4-6(5-18-12(7)20-21-14)19-13(22)10-8(16)2-3-9(17)11(10)15/h2-5H,16-17H2,1H3,(H,19,22)(H,18,20,21). The minimum absolute atomic E-state index is 0.0105. The maximum absolute atomic E-state index is 14.0. The Morgan fingerprint density at radius 1 is 1.35 bits per heavy atom. The highest BCUT2D eigenvalue weighted by Crippen LogP contribution is 2.26. The lowest BCUT2D eigenvalue weighted by Gasteiger charge is -2.10. The molecular weight excluding hydrogens is 319 g/mol. The summed E-state index contributed by atoms with van der Waals surface area (Å²) in [7, 11) is 0. The summed E-state index contributed by atoms with van der Waals surface area (Å²) in [6, 6.07) is 4.40. The Morgan fingerprint density at radius 2 is 2.09 bits per heavy atom. The smallest absolute Gasteiger partial charge is 0.260 e. The quantitative estimate of drug-likeness (QED) is 0.431. The molecule has 1 aromatic carbocycles. The van der Waals surface area contributed by atoms with Gasteiger partial charge in [0.25, 0.3) is 5.91 Å². The molecule has 0 aliphatic heterocycles. The van der Waals surface area contributed by atoms with Gasteiger partial charge in [0.05, 0.1) is 23.0 Å². The van der Waals surface area contributed by atoms with Crippen molar-refractivity contribution in [2.24, 2.45) is 0 Å². The molecule has 0 unspecified atom stereocenters. The Bertz CT molecular complexity index is 910. The highest BCUT2D eigenvalue weighted by molar-refractivity contribution is 7.98. The van der Waals surface area contributed by atoms with Gasteiger partial charge in [-0.1, -0.05) is 0 Å². The number of rotatable bonds is 3. The Kier molecular flexibility index (Phi) is 3.78. The zero-order valence-electron chi connectivity index (χ0n) is 12.1. The second kappa shape index (κ2) is 5.76. The molecule has 2 aromatic heterocycles.